The summed E-state index contributed by atoms with van der Waals surface area (Å²) in [6, 6.07) is 14.2. The molecule has 0 saturated carbocycles. The van der Waals surface area contributed by atoms with Gasteiger partial charge < -0.3 is 0 Å². The van der Waals surface area contributed by atoms with E-state index in [4.69, 9.17) is 0 Å². The van der Waals surface area contributed by atoms with Crippen molar-refractivity contribution < 1.29 is 0 Å². The summed E-state index contributed by atoms with van der Waals surface area (Å²) in [5.41, 5.74) is 2.81. The van der Waals surface area contributed by atoms with Crippen LogP contribution in [0.25, 0.3) is 16.8 Å². The van der Waals surface area contributed by atoms with Crippen LogP contribution < -0.4 is 0 Å². The third kappa shape index (κ3) is 2.67. The molecular weight excluding hydrogens is 220 g/mol. The van der Waals surface area contributed by atoms with Crippen molar-refractivity contribution in [1.82, 2.24) is 0 Å². The van der Waals surface area contributed by atoms with Crippen molar-refractivity contribution in [2.45, 2.75) is 25.8 Å². The predicted molar refractivity (Wildman–Crippen MR) is 77.5 cm³/mol. The number of hydrogen-bond acceptors (Lipinski definition) is 0. The fourth-order valence-corrected chi connectivity index (χ4v) is 2.07. The van der Waals surface area contributed by atoms with Gasteiger partial charge in [0.2, 0.25) is 0 Å². The monoisotopic (exact) mass is 237 g/mol. The fourth-order valence-electron chi connectivity index (χ4n) is 2.07. The predicted octanol–water partition coefficient (Wildman–Crippen LogP) is 4.39. The molecule has 0 heterocycles. The van der Waals surface area contributed by atoms with Gasteiger partial charge in [-0.25, -0.2) is 0 Å². The van der Waals surface area contributed by atoms with Crippen molar-refractivity contribution in [3.05, 3.63) is 53.6 Å². The molecular formula is C16H17Si. The van der Waals surface area contributed by atoms with Crippen molar-refractivity contribution in [3.63, 3.8) is 0 Å². The van der Waals surface area contributed by atoms with E-state index in [2.05, 4.69) is 65.7 Å². The minimum atomic E-state index is 1.08. The van der Waals surface area contributed by atoms with Crippen LogP contribution in [0.2, 0.25) is 6.04 Å². The molecule has 0 atom stereocenters. The molecule has 0 aromatic heterocycles. The van der Waals surface area contributed by atoms with Gasteiger partial charge in [-0.2, -0.15) is 0 Å². The zero-order chi connectivity index (χ0) is 12.1. The molecule has 85 valence electrons. The Bertz CT molecular complexity index is 519. The van der Waals surface area contributed by atoms with E-state index in [0.29, 0.717) is 0 Å². The third-order valence-corrected chi connectivity index (χ3v) is 3.41. The maximum atomic E-state index is 3.29. The third-order valence-electron chi connectivity index (χ3n) is 2.91. The highest BCUT2D eigenvalue weighted by atomic mass is 28.1. The molecule has 1 aliphatic carbocycles. The Balaban J connectivity index is 0.000000239. The van der Waals surface area contributed by atoms with Crippen LogP contribution in [0.15, 0.2) is 42.5 Å². The lowest BCUT2D eigenvalue weighted by Gasteiger charge is -2.11. The van der Waals surface area contributed by atoms with Gasteiger partial charge in [0.25, 0.3) is 0 Å². The van der Waals surface area contributed by atoms with Crippen LogP contribution in [-0.4, -0.2) is 10.2 Å². The highest BCUT2D eigenvalue weighted by molar-refractivity contribution is 6.08. The van der Waals surface area contributed by atoms with Gasteiger partial charge in [0, 0.05) is 10.2 Å². The topological polar surface area (TPSA) is 0 Å². The molecule has 0 N–H and O–H groups in total. The summed E-state index contributed by atoms with van der Waals surface area (Å²) in [5, 5.41) is 2.80. The van der Waals surface area contributed by atoms with E-state index in [-0.39, 0.29) is 0 Å². The van der Waals surface area contributed by atoms with Gasteiger partial charge in [-0.3, -0.25) is 0 Å². The smallest absolute Gasteiger partial charge is 0.0222 e. The summed E-state index contributed by atoms with van der Waals surface area (Å²) in [7, 11) is 3.29. The van der Waals surface area contributed by atoms with Crippen LogP contribution in [0.3, 0.4) is 0 Å². The Morgan fingerprint density at radius 2 is 1.82 bits per heavy atom. The molecule has 2 aromatic rings. The fraction of sp³-hybridized carbons (Fsp3) is 0.250. The van der Waals surface area contributed by atoms with E-state index in [1.54, 1.807) is 0 Å². The summed E-state index contributed by atoms with van der Waals surface area (Å²) >= 11 is 0. The zero-order valence-corrected chi connectivity index (χ0v) is 11.2. The van der Waals surface area contributed by atoms with Gasteiger partial charge in [-0.1, -0.05) is 67.9 Å². The van der Waals surface area contributed by atoms with Gasteiger partial charge in [-0.05, 0) is 28.3 Å². The number of rotatable bonds is 1. The van der Waals surface area contributed by atoms with E-state index < -0.39 is 0 Å². The van der Waals surface area contributed by atoms with Crippen molar-refractivity contribution in [3.8, 4) is 0 Å². The molecule has 1 aliphatic rings. The second-order valence-electron chi connectivity index (χ2n) is 4.22. The van der Waals surface area contributed by atoms with E-state index in [1.807, 2.05) is 0 Å². The lowest BCUT2D eigenvalue weighted by atomic mass is 9.93. The molecule has 0 amide bonds. The minimum Gasteiger partial charge on any atom is -0.0795 e. The lowest BCUT2D eigenvalue weighted by Crippen LogP contribution is -1.91. The maximum Gasteiger partial charge on any atom is 0.0222 e. The van der Waals surface area contributed by atoms with Crippen LogP contribution in [0.4, 0.5) is 0 Å². The molecule has 0 nitrogen and oxygen atoms in total. The van der Waals surface area contributed by atoms with Crippen molar-refractivity contribution in [2.24, 2.45) is 0 Å². The summed E-state index contributed by atoms with van der Waals surface area (Å²) in [4.78, 5) is 0. The first-order valence-corrected chi connectivity index (χ1v) is 6.89. The van der Waals surface area contributed by atoms with Gasteiger partial charge >= 0.3 is 0 Å². The second kappa shape index (κ2) is 5.83. The second-order valence-corrected chi connectivity index (χ2v) is 4.72. The van der Waals surface area contributed by atoms with Crippen molar-refractivity contribution >= 4 is 27.1 Å². The molecule has 0 bridgehead atoms. The van der Waals surface area contributed by atoms with E-state index in [9.17, 15) is 0 Å². The van der Waals surface area contributed by atoms with Crippen LogP contribution in [0.1, 0.15) is 24.5 Å². The lowest BCUT2D eigenvalue weighted by molar-refractivity contribution is 1.08. The Morgan fingerprint density at radius 3 is 2.53 bits per heavy atom. The Labute approximate surface area is 107 Å². The first-order valence-electron chi connectivity index (χ1n) is 6.18. The first-order chi connectivity index (χ1) is 8.36. The molecule has 0 spiro atoms. The zero-order valence-electron chi connectivity index (χ0n) is 10.2. The first kappa shape index (κ1) is 12.1. The highest BCUT2D eigenvalue weighted by Gasteiger charge is 2.06. The molecule has 0 unspecified atom stereocenters. The van der Waals surface area contributed by atoms with Crippen molar-refractivity contribution in [1.29, 1.82) is 0 Å². The van der Waals surface area contributed by atoms with E-state index in [0.717, 1.165) is 12.5 Å². The summed E-state index contributed by atoms with van der Waals surface area (Å²) in [6.07, 6.45) is 6.76. The number of allylic oxidation sites excluding steroid dienone is 1. The Morgan fingerprint density at radius 1 is 1.12 bits per heavy atom. The van der Waals surface area contributed by atoms with E-state index >= 15 is 0 Å². The van der Waals surface area contributed by atoms with Gasteiger partial charge in [0.15, 0.2) is 0 Å². The molecule has 17 heavy (non-hydrogen) atoms. The van der Waals surface area contributed by atoms with Crippen LogP contribution in [0.5, 0.6) is 0 Å². The van der Waals surface area contributed by atoms with Gasteiger partial charge in [0.05, 0.1) is 0 Å². The molecule has 3 radical (unpaired) electrons. The van der Waals surface area contributed by atoms with Crippen molar-refractivity contribution in [2.75, 3.05) is 0 Å². The Hall–Kier alpha value is -1.34. The minimum absolute atomic E-state index is 1.08. The Kier molecular flexibility index (Phi) is 4.16. The molecule has 1 heteroatoms. The average molecular weight is 237 g/mol. The number of benzene rings is 2. The van der Waals surface area contributed by atoms with Crippen LogP contribution >= 0.6 is 0 Å². The molecule has 0 fully saturated rings. The standard InChI is InChI=1S/C13H10.C3H7Si/c1-4-10-6-2-8-12-9-3-7-11(5-1)13(10)12;1-2-3-4/h1-8H,9H2;2-3H2,1H3. The van der Waals surface area contributed by atoms with Gasteiger partial charge in [-0.15, -0.1) is 0 Å². The van der Waals surface area contributed by atoms with Crippen LogP contribution in [-0.2, 0) is 6.42 Å². The molecule has 0 saturated heterocycles. The molecule has 0 aliphatic heterocycles. The molecule has 2 aromatic carbocycles. The largest absolute Gasteiger partial charge is 0.0795 e. The van der Waals surface area contributed by atoms with Gasteiger partial charge in [0.1, 0.15) is 0 Å². The summed E-state index contributed by atoms with van der Waals surface area (Å²) in [6.45, 7) is 2.13. The maximum absolute atomic E-state index is 3.29. The average Bonchev–Trinajstić information content (AvgIpc) is 2.40. The van der Waals surface area contributed by atoms with Crippen LogP contribution in [0, 0.1) is 0 Å². The summed E-state index contributed by atoms with van der Waals surface area (Å²) < 4.78 is 0. The normalized spacial score (nSPS) is 12.1. The number of hydrogen-bond donors (Lipinski definition) is 0. The van der Waals surface area contributed by atoms with E-state index in [1.165, 1.54) is 28.3 Å². The highest BCUT2D eigenvalue weighted by Crippen LogP contribution is 2.27. The summed E-state index contributed by atoms with van der Waals surface area (Å²) in [5.74, 6) is 0. The molecule has 3 rings (SSSR count). The quantitative estimate of drug-likeness (QED) is 0.645. The SMILES string of the molecule is C1=Cc2cccc3cccc(c23)C1.CCC[Si].